The molecule has 1 aliphatic heterocycles. The summed E-state index contributed by atoms with van der Waals surface area (Å²) in [7, 11) is 3.22. The Morgan fingerprint density at radius 3 is 2.69 bits per heavy atom. The number of carbonyl (C=O) groups excluding carboxylic acids is 2. The van der Waals surface area contributed by atoms with Crippen molar-refractivity contribution in [1.82, 2.24) is 9.78 Å². The summed E-state index contributed by atoms with van der Waals surface area (Å²) < 4.78 is 6.70. The number of nitrogens with zero attached hydrogens (tertiary/aromatic N) is 3. The summed E-state index contributed by atoms with van der Waals surface area (Å²) in [6, 6.07) is 14.9. The largest absolute Gasteiger partial charge is 0.479 e. The molecule has 0 unspecified atom stereocenters. The zero-order valence-corrected chi connectivity index (χ0v) is 16.4. The molecule has 0 bridgehead atoms. The number of rotatable bonds is 4. The van der Waals surface area contributed by atoms with Crippen LogP contribution in [0.3, 0.4) is 0 Å². The first kappa shape index (κ1) is 18.7. The van der Waals surface area contributed by atoms with E-state index in [4.69, 9.17) is 4.74 Å². The molecular formula is C22H22N4O3. The lowest BCUT2D eigenvalue weighted by Crippen LogP contribution is -2.35. The van der Waals surface area contributed by atoms with Crippen LogP contribution in [0, 0.1) is 0 Å². The third-order valence-corrected chi connectivity index (χ3v) is 4.95. The molecule has 1 N–H and O–H groups in total. The van der Waals surface area contributed by atoms with Crippen molar-refractivity contribution in [2.24, 2.45) is 7.05 Å². The van der Waals surface area contributed by atoms with Gasteiger partial charge in [0.2, 0.25) is 5.88 Å². The van der Waals surface area contributed by atoms with Gasteiger partial charge in [-0.3, -0.25) is 14.3 Å². The maximum atomic E-state index is 12.9. The second-order valence-corrected chi connectivity index (χ2v) is 6.95. The van der Waals surface area contributed by atoms with Crippen LogP contribution in [0.5, 0.6) is 5.88 Å². The number of nitrogens with one attached hydrogen (secondary N) is 1. The van der Waals surface area contributed by atoms with E-state index < -0.39 is 0 Å². The molecule has 0 spiro atoms. The predicted octanol–water partition coefficient (Wildman–Crippen LogP) is 3.27. The highest BCUT2D eigenvalue weighted by Gasteiger charge is 2.24. The Labute approximate surface area is 168 Å². The molecule has 1 aliphatic rings. The number of methoxy groups -OCH3 is 1. The van der Waals surface area contributed by atoms with Crippen molar-refractivity contribution in [3.05, 3.63) is 71.4 Å². The minimum absolute atomic E-state index is 0.0107. The van der Waals surface area contributed by atoms with Gasteiger partial charge in [0.25, 0.3) is 11.8 Å². The third kappa shape index (κ3) is 3.71. The SMILES string of the molecule is COc1nn(C)cc1C(=O)Nc1ccc2c(c1)CCCN2C(=O)c1ccccc1. The van der Waals surface area contributed by atoms with E-state index in [1.165, 1.54) is 11.8 Å². The second kappa shape index (κ2) is 7.79. The van der Waals surface area contributed by atoms with E-state index in [2.05, 4.69) is 10.4 Å². The molecule has 0 atom stereocenters. The molecule has 0 aliphatic carbocycles. The van der Waals surface area contributed by atoms with Gasteiger partial charge in [0.05, 0.1) is 7.11 Å². The van der Waals surface area contributed by atoms with E-state index in [1.807, 2.05) is 53.4 Å². The van der Waals surface area contributed by atoms with Crippen molar-refractivity contribution < 1.29 is 14.3 Å². The summed E-state index contributed by atoms with van der Waals surface area (Å²) >= 11 is 0. The normalized spacial score (nSPS) is 13.0. The topological polar surface area (TPSA) is 76.5 Å². The number of hydrogen-bond donors (Lipinski definition) is 1. The van der Waals surface area contributed by atoms with Gasteiger partial charge in [0.1, 0.15) is 5.56 Å². The first-order valence-corrected chi connectivity index (χ1v) is 9.45. The summed E-state index contributed by atoms with van der Waals surface area (Å²) in [5, 5.41) is 7.01. The molecule has 7 nitrogen and oxygen atoms in total. The van der Waals surface area contributed by atoms with Crippen LogP contribution < -0.4 is 15.0 Å². The standard InChI is InChI=1S/C22H22N4O3/c1-25-14-18(21(24-25)29-2)20(27)23-17-10-11-19-16(13-17)9-6-12-26(19)22(28)15-7-4-3-5-8-15/h3-5,7-8,10-11,13-14H,6,9,12H2,1-2H3,(H,23,27). The lowest BCUT2D eigenvalue weighted by Gasteiger charge is -2.30. The van der Waals surface area contributed by atoms with Crippen LogP contribution in [0.1, 0.15) is 32.7 Å². The molecule has 0 saturated heterocycles. The van der Waals surface area contributed by atoms with E-state index in [0.717, 1.165) is 24.1 Å². The number of fused-ring (bicyclic) bond motifs is 1. The van der Waals surface area contributed by atoms with Crippen LogP contribution >= 0.6 is 0 Å². The highest BCUT2D eigenvalue weighted by Crippen LogP contribution is 2.31. The highest BCUT2D eigenvalue weighted by molar-refractivity contribution is 6.08. The van der Waals surface area contributed by atoms with Crippen molar-refractivity contribution in [3.8, 4) is 5.88 Å². The third-order valence-electron chi connectivity index (χ3n) is 4.95. The van der Waals surface area contributed by atoms with E-state index in [-0.39, 0.29) is 17.7 Å². The number of anilines is 2. The molecular weight excluding hydrogens is 368 g/mol. The first-order valence-electron chi connectivity index (χ1n) is 9.45. The molecule has 4 rings (SSSR count). The summed E-state index contributed by atoms with van der Waals surface area (Å²) in [4.78, 5) is 27.3. The molecule has 0 radical (unpaired) electrons. The van der Waals surface area contributed by atoms with Crippen molar-refractivity contribution in [3.63, 3.8) is 0 Å². The quantitative estimate of drug-likeness (QED) is 0.742. The monoisotopic (exact) mass is 390 g/mol. The van der Waals surface area contributed by atoms with Gasteiger partial charge in [0, 0.05) is 36.7 Å². The molecule has 148 valence electrons. The van der Waals surface area contributed by atoms with Crippen molar-refractivity contribution in [2.45, 2.75) is 12.8 Å². The zero-order valence-electron chi connectivity index (χ0n) is 16.4. The molecule has 3 aromatic rings. The summed E-state index contributed by atoms with van der Waals surface area (Å²) in [5.74, 6) is -0.0195. The highest BCUT2D eigenvalue weighted by atomic mass is 16.5. The van der Waals surface area contributed by atoms with Gasteiger partial charge >= 0.3 is 0 Å². The fourth-order valence-electron chi connectivity index (χ4n) is 3.60. The summed E-state index contributed by atoms with van der Waals surface area (Å²) in [5.41, 5.74) is 3.64. The molecule has 2 aromatic carbocycles. The minimum atomic E-state index is -0.289. The van der Waals surface area contributed by atoms with Crippen LogP contribution in [0.15, 0.2) is 54.7 Å². The van der Waals surface area contributed by atoms with Gasteiger partial charge in [-0.15, -0.1) is 5.10 Å². The Kier molecular flexibility index (Phi) is 5.03. The number of amides is 2. The molecule has 2 amide bonds. The maximum absolute atomic E-state index is 12.9. The van der Waals surface area contributed by atoms with Crippen LogP contribution in [-0.4, -0.2) is 35.2 Å². The fraction of sp³-hybridized carbons (Fsp3) is 0.227. The van der Waals surface area contributed by atoms with Crippen LogP contribution in [-0.2, 0) is 13.5 Å². The number of hydrogen-bond acceptors (Lipinski definition) is 4. The first-order chi connectivity index (χ1) is 14.1. The molecule has 0 fully saturated rings. The Balaban J connectivity index is 1.57. The van der Waals surface area contributed by atoms with Gasteiger partial charge in [0.15, 0.2) is 0 Å². The smallest absolute Gasteiger partial charge is 0.262 e. The van der Waals surface area contributed by atoms with Gasteiger partial charge in [-0.2, -0.15) is 0 Å². The van der Waals surface area contributed by atoms with Crippen LogP contribution in [0.4, 0.5) is 11.4 Å². The van der Waals surface area contributed by atoms with E-state index >= 15 is 0 Å². The maximum Gasteiger partial charge on any atom is 0.262 e. The molecule has 29 heavy (non-hydrogen) atoms. The lowest BCUT2D eigenvalue weighted by atomic mass is 10.00. The summed E-state index contributed by atoms with van der Waals surface area (Å²) in [6.45, 7) is 0.680. The molecule has 7 heteroatoms. The van der Waals surface area contributed by atoms with Gasteiger partial charge in [-0.25, -0.2) is 0 Å². The van der Waals surface area contributed by atoms with E-state index in [0.29, 0.717) is 23.4 Å². The second-order valence-electron chi connectivity index (χ2n) is 6.95. The van der Waals surface area contributed by atoms with E-state index in [1.54, 1.807) is 13.2 Å². The Bertz CT molecular complexity index is 1060. The average molecular weight is 390 g/mol. The minimum Gasteiger partial charge on any atom is -0.479 e. The van der Waals surface area contributed by atoms with Gasteiger partial charge < -0.3 is 15.0 Å². The number of aromatic nitrogens is 2. The zero-order chi connectivity index (χ0) is 20.4. The van der Waals surface area contributed by atoms with Crippen molar-refractivity contribution >= 4 is 23.2 Å². The molecule has 0 saturated carbocycles. The predicted molar refractivity (Wildman–Crippen MR) is 111 cm³/mol. The number of carbonyl (C=O) groups is 2. The average Bonchev–Trinajstić information content (AvgIpc) is 3.14. The molecule has 1 aromatic heterocycles. The number of benzene rings is 2. The number of ether oxygens (including phenoxy) is 1. The Hall–Kier alpha value is -3.61. The summed E-state index contributed by atoms with van der Waals surface area (Å²) in [6.07, 6.45) is 3.35. The van der Waals surface area contributed by atoms with Gasteiger partial charge in [-0.05, 0) is 48.7 Å². The molecule has 2 heterocycles. The van der Waals surface area contributed by atoms with Crippen molar-refractivity contribution in [1.29, 1.82) is 0 Å². The van der Waals surface area contributed by atoms with Crippen LogP contribution in [0.25, 0.3) is 0 Å². The van der Waals surface area contributed by atoms with Gasteiger partial charge in [-0.1, -0.05) is 18.2 Å². The van der Waals surface area contributed by atoms with Crippen LogP contribution in [0.2, 0.25) is 0 Å². The van der Waals surface area contributed by atoms with Crippen molar-refractivity contribution in [2.75, 3.05) is 23.9 Å². The number of aryl methyl sites for hydroxylation is 2. The Morgan fingerprint density at radius 1 is 1.14 bits per heavy atom. The Morgan fingerprint density at radius 2 is 1.93 bits per heavy atom. The lowest BCUT2D eigenvalue weighted by molar-refractivity contribution is 0.0983. The fourth-order valence-corrected chi connectivity index (χ4v) is 3.60. The van der Waals surface area contributed by atoms with E-state index in [9.17, 15) is 9.59 Å².